The van der Waals surface area contributed by atoms with Gasteiger partial charge in [0.15, 0.2) is 0 Å². The van der Waals surface area contributed by atoms with Crippen molar-refractivity contribution in [3.63, 3.8) is 0 Å². The summed E-state index contributed by atoms with van der Waals surface area (Å²) in [7, 11) is 0. The molecule has 3 aliphatic heterocycles. The Bertz CT molecular complexity index is 1640. The fraction of sp³-hybridized carbons (Fsp3) is 0.182. The molecule has 0 bridgehead atoms. The molecule has 2 fully saturated rings. The van der Waals surface area contributed by atoms with Crippen LogP contribution in [-0.4, -0.2) is 23.8 Å². The highest BCUT2D eigenvalue weighted by atomic mass is 35.5. The van der Waals surface area contributed by atoms with Crippen molar-refractivity contribution in [2.75, 3.05) is 9.80 Å². The van der Waals surface area contributed by atoms with Crippen LogP contribution >= 0.6 is 11.6 Å². The smallest absolute Gasteiger partial charge is 0.253 e. The number of para-hydroxylation sites is 1. The van der Waals surface area contributed by atoms with Gasteiger partial charge in [0.2, 0.25) is 11.8 Å². The van der Waals surface area contributed by atoms with E-state index in [1.165, 1.54) is 4.90 Å². The number of carbonyl (C=O) groups is 3. The Kier molecular flexibility index (Phi) is 5.84. The van der Waals surface area contributed by atoms with Gasteiger partial charge in [-0.2, -0.15) is 0 Å². The molecular weight excluding hydrogens is 522 g/mol. The summed E-state index contributed by atoms with van der Waals surface area (Å²) in [4.78, 5) is 46.1. The number of fused-ring (bicyclic) bond motifs is 4. The van der Waals surface area contributed by atoms with Crippen LogP contribution in [0.1, 0.15) is 16.7 Å². The van der Waals surface area contributed by atoms with Crippen LogP contribution in [0.2, 0.25) is 5.02 Å². The zero-order valence-electron chi connectivity index (χ0n) is 21.5. The van der Waals surface area contributed by atoms with Crippen LogP contribution in [0.5, 0.6) is 0 Å². The Hall–Kier alpha value is -4.26. The van der Waals surface area contributed by atoms with Gasteiger partial charge in [-0.1, -0.05) is 96.5 Å². The number of hydrogen-bond donors (Lipinski definition) is 1. The van der Waals surface area contributed by atoms with Crippen LogP contribution in [0.25, 0.3) is 0 Å². The van der Waals surface area contributed by atoms with Crippen LogP contribution < -0.4 is 15.1 Å². The molecule has 1 N–H and O–H groups in total. The molecule has 4 atom stereocenters. The highest BCUT2D eigenvalue weighted by Crippen LogP contribution is 2.55. The predicted molar refractivity (Wildman–Crippen MR) is 154 cm³/mol. The summed E-state index contributed by atoms with van der Waals surface area (Å²) in [5, 5.41) is 4.03. The van der Waals surface area contributed by atoms with Gasteiger partial charge in [-0.05, 0) is 41.8 Å². The first-order chi connectivity index (χ1) is 19.5. The SMILES string of the molecule is O=C1[C@@H]2[C@H](Cc3ccccc3)N[C@@]3(C(=O)N(Cc4ccccc4)c4ccccc43)[C@@H]2C(=O)N1c1cccc(Cl)c1. The molecule has 40 heavy (non-hydrogen) atoms. The standard InChI is InChI=1S/C33H26ClN3O3/c34-23-14-9-15-24(19-23)37-30(38)28-26(18-21-10-3-1-4-11-21)35-33(29(28)31(37)39)25-16-7-8-17-27(25)36(32(33)40)20-22-12-5-2-6-13-22/h1-17,19,26,28-29,35H,18,20H2/t26-,28+,29-,33+/m0/s1. The number of halogens is 1. The maximum absolute atomic E-state index is 14.6. The summed E-state index contributed by atoms with van der Waals surface area (Å²) in [6.07, 6.45) is 0.500. The van der Waals surface area contributed by atoms with Crippen molar-refractivity contribution in [2.45, 2.75) is 24.5 Å². The zero-order valence-corrected chi connectivity index (χ0v) is 22.3. The monoisotopic (exact) mass is 547 g/mol. The lowest BCUT2D eigenvalue weighted by atomic mass is 9.76. The quantitative estimate of drug-likeness (QED) is 0.353. The number of hydrogen-bond acceptors (Lipinski definition) is 4. The Morgan fingerprint density at radius 1 is 0.750 bits per heavy atom. The molecule has 3 amide bonds. The molecule has 7 rings (SSSR count). The van der Waals surface area contributed by atoms with Gasteiger partial charge < -0.3 is 4.90 Å². The fourth-order valence-corrected chi connectivity index (χ4v) is 6.97. The first-order valence-electron chi connectivity index (χ1n) is 13.4. The van der Waals surface area contributed by atoms with Gasteiger partial charge in [0.1, 0.15) is 5.54 Å². The summed E-state index contributed by atoms with van der Waals surface area (Å²) in [5.41, 5.74) is 2.55. The zero-order chi connectivity index (χ0) is 27.4. The van der Waals surface area contributed by atoms with Crippen LogP contribution in [-0.2, 0) is 32.9 Å². The number of nitrogens with zero attached hydrogens (tertiary/aromatic N) is 2. The van der Waals surface area contributed by atoms with Gasteiger partial charge in [0, 0.05) is 22.3 Å². The first-order valence-corrected chi connectivity index (χ1v) is 13.8. The highest BCUT2D eigenvalue weighted by Gasteiger charge is 2.71. The van der Waals surface area contributed by atoms with E-state index >= 15 is 0 Å². The highest BCUT2D eigenvalue weighted by molar-refractivity contribution is 6.31. The number of carbonyl (C=O) groups excluding carboxylic acids is 3. The van der Waals surface area contributed by atoms with E-state index in [1.807, 2.05) is 84.9 Å². The average molecular weight is 548 g/mol. The molecule has 0 unspecified atom stereocenters. The first kappa shape index (κ1) is 24.8. The van der Waals surface area contributed by atoms with Crippen LogP contribution in [0.4, 0.5) is 11.4 Å². The minimum absolute atomic E-state index is 0.211. The van der Waals surface area contributed by atoms with Crippen molar-refractivity contribution in [3.8, 4) is 0 Å². The van der Waals surface area contributed by atoms with Crippen LogP contribution in [0.3, 0.4) is 0 Å². The molecule has 4 aromatic rings. The minimum Gasteiger partial charge on any atom is -0.306 e. The van der Waals surface area contributed by atoms with Gasteiger partial charge in [0.05, 0.1) is 24.1 Å². The van der Waals surface area contributed by atoms with Crippen molar-refractivity contribution in [2.24, 2.45) is 11.8 Å². The van der Waals surface area contributed by atoms with E-state index in [0.29, 0.717) is 23.7 Å². The topological polar surface area (TPSA) is 69.7 Å². The summed E-state index contributed by atoms with van der Waals surface area (Å²) in [5.74, 6) is -2.53. The lowest BCUT2D eigenvalue weighted by Crippen LogP contribution is -2.55. The lowest BCUT2D eigenvalue weighted by Gasteiger charge is -2.31. The van der Waals surface area contributed by atoms with E-state index in [0.717, 1.165) is 22.4 Å². The molecule has 0 aromatic heterocycles. The lowest BCUT2D eigenvalue weighted by molar-refractivity contribution is -0.132. The van der Waals surface area contributed by atoms with E-state index < -0.39 is 23.4 Å². The normalized spacial score (nSPS) is 25.1. The minimum atomic E-state index is -1.37. The summed E-state index contributed by atoms with van der Waals surface area (Å²) in [6, 6.07) is 33.6. The molecule has 7 heteroatoms. The Morgan fingerprint density at radius 2 is 1.43 bits per heavy atom. The molecule has 198 valence electrons. The second-order valence-corrected chi connectivity index (χ2v) is 11.1. The Morgan fingerprint density at radius 3 is 2.15 bits per heavy atom. The van der Waals surface area contributed by atoms with Gasteiger partial charge in [-0.25, -0.2) is 4.90 Å². The number of anilines is 2. The van der Waals surface area contributed by atoms with Gasteiger partial charge in [-0.3, -0.25) is 19.7 Å². The van der Waals surface area contributed by atoms with E-state index in [9.17, 15) is 14.4 Å². The molecule has 1 spiro atoms. The van der Waals surface area contributed by atoms with E-state index in [-0.39, 0.29) is 17.7 Å². The molecule has 4 aromatic carbocycles. The fourth-order valence-electron chi connectivity index (χ4n) is 6.78. The third-order valence-corrected chi connectivity index (χ3v) is 8.65. The van der Waals surface area contributed by atoms with Crippen molar-refractivity contribution >= 4 is 40.7 Å². The molecule has 2 saturated heterocycles. The van der Waals surface area contributed by atoms with Crippen LogP contribution in [0.15, 0.2) is 109 Å². The summed E-state index contributed by atoms with van der Waals surface area (Å²) in [6.45, 7) is 0.362. The van der Waals surface area contributed by atoms with Crippen LogP contribution in [0, 0.1) is 11.8 Å². The Balaban J connectivity index is 1.37. The van der Waals surface area contributed by atoms with E-state index in [2.05, 4.69) is 5.32 Å². The number of nitrogens with one attached hydrogen (secondary N) is 1. The molecule has 6 nitrogen and oxygen atoms in total. The third-order valence-electron chi connectivity index (χ3n) is 8.41. The third kappa shape index (κ3) is 3.64. The molecule has 3 heterocycles. The number of rotatable bonds is 5. The molecule has 3 aliphatic rings. The second-order valence-electron chi connectivity index (χ2n) is 10.6. The molecule has 0 radical (unpaired) electrons. The predicted octanol–water partition coefficient (Wildman–Crippen LogP) is 5.10. The van der Waals surface area contributed by atoms with Crippen molar-refractivity contribution in [3.05, 3.63) is 131 Å². The van der Waals surface area contributed by atoms with Crippen molar-refractivity contribution in [1.29, 1.82) is 0 Å². The maximum Gasteiger partial charge on any atom is 0.253 e. The molecule has 0 saturated carbocycles. The van der Waals surface area contributed by atoms with Gasteiger partial charge >= 0.3 is 0 Å². The van der Waals surface area contributed by atoms with Gasteiger partial charge in [0.25, 0.3) is 5.91 Å². The van der Waals surface area contributed by atoms with Gasteiger partial charge in [-0.15, -0.1) is 0 Å². The molecule has 0 aliphatic carbocycles. The van der Waals surface area contributed by atoms with E-state index in [4.69, 9.17) is 11.6 Å². The van der Waals surface area contributed by atoms with E-state index in [1.54, 1.807) is 29.2 Å². The maximum atomic E-state index is 14.6. The number of amides is 3. The molecular formula is C33H26ClN3O3. The van der Waals surface area contributed by atoms with Crippen molar-refractivity contribution < 1.29 is 14.4 Å². The largest absolute Gasteiger partial charge is 0.306 e. The van der Waals surface area contributed by atoms with Crippen molar-refractivity contribution in [1.82, 2.24) is 5.32 Å². The average Bonchev–Trinajstić information content (AvgIpc) is 3.53. The second kappa shape index (κ2) is 9.44. The number of imide groups is 1. The Labute approximate surface area is 237 Å². The summed E-state index contributed by atoms with van der Waals surface area (Å²) >= 11 is 6.26. The summed E-state index contributed by atoms with van der Waals surface area (Å²) < 4.78 is 0. The number of benzene rings is 4.